The molecule has 0 spiro atoms. The molecule has 4 aromatic rings. The van der Waals surface area contributed by atoms with Crippen molar-refractivity contribution < 1.29 is 75.7 Å². The van der Waals surface area contributed by atoms with E-state index in [1.807, 2.05) is 0 Å². The molecule has 0 saturated carbocycles. The van der Waals surface area contributed by atoms with E-state index in [1.165, 1.54) is 40.9 Å². The smallest absolute Gasteiger partial charge is 0.545 e. The van der Waals surface area contributed by atoms with Gasteiger partial charge in [-0.15, -0.1) is 0 Å². The maximum atomic E-state index is 13.3. The molecule has 1 aliphatic rings. The summed E-state index contributed by atoms with van der Waals surface area (Å²) in [6, 6.07) is 13.6. The number of nitrogens with zero attached hydrogens (tertiary/aromatic N) is 2. The van der Waals surface area contributed by atoms with Crippen LogP contribution in [0.1, 0.15) is 52.8 Å². The van der Waals surface area contributed by atoms with Crippen LogP contribution in [0.2, 0.25) is 0 Å². The Labute approximate surface area is 223 Å². The number of aromatic nitrogens is 2. The predicted octanol–water partition coefficient (Wildman–Crippen LogP) is -1.27. The average molecular weight is 449 g/mol. The molecule has 1 N–H and O–H groups in total. The van der Waals surface area contributed by atoms with E-state index in [0.717, 1.165) is 0 Å². The molecule has 0 atom stereocenters. The van der Waals surface area contributed by atoms with Crippen LogP contribution in [-0.4, -0.2) is 32.8 Å². The van der Waals surface area contributed by atoms with Crippen molar-refractivity contribution in [2.45, 2.75) is 0 Å². The second kappa shape index (κ2) is 8.53. The molecular weight excluding hydrogens is 437 g/mol. The Kier molecular flexibility index (Phi) is 5.93. The van der Waals surface area contributed by atoms with Crippen molar-refractivity contribution >= 4 is 34.6 Å². The Morgan fingerprint density at radius 1 is 0.969 bits per heavy atom. The number of carboxylic acid groups (broad SMARTS) is 1. The predicted molar refractivity (Wildman–Crippen MR) is 107 cm³/mol. The maximum Gasteiger partial charge on any atom is 1.00 e. The molecular formula is C23H12KN3O5. The number of carboxylic acids is 1. The van der Waals surface area contributed by atoms with Crippen LogP contribution >= 0.6 is 0 Å². The number of hydrogen-bond donors (Lipinski definition) is 1. The van der Waals surface area contributed by atoms with E-state index in [4.69, 9.17) is 0 Å². The van der Waals surface area contributed by atoms with Crippen molar-refractivity contribution in [2.24, 2.45) is 0 Å². The van der Waals surface area contributed by atoms with Gasteiger partial charge in [-0.25, -0.2) is 0 Å². The number of ketones is 2. The van der Waals surface area contributed by atoms with Gasteiger partial charge in [0.15, 0.2) is 5.78 Å². The summed E-state index contributed by atoms with van der Waals surface area (Å²) in [7, 11) is 0. The van der Waals surface area contributed by atoms with Gasteiger partial charge in [0.25, 0.3) is 5.91 Å². The quantitative estimate of drug-likeness (QED) is 0.343. The van der Waals surface area contributed by atoms with Crippen molar-refractivity contribution in [2.75, 3.05) is 5.32 Å². The summed E-state index contributed by atoms with van der Waals surface area (Å²) in [5.41, 5.74) is 0.740. The number of carbonyl (C=O) groups is 4. The van der Waals surface area contributed by atoms with Gasteiger partial charge in [-0.2, -0.15) is 0 Å². The van der Waals surface area contributed by atoms with Gasteiger partial charge >= 0.3 is 51.4 Å². The van der Waals surface area contributed by atoms with Crippen molar-refractivity contribution in [1.29, 1.82) is 0 Å². The van der Waals surface area contributed by atoms with Gasteiger partial charge in [0, 0.05) is 18.1 Å². The van der Waals surface area contributed by atoms with Crippen LogP contribution in [0.4, 0.5) is 5.69 Å². The van der Waals surface area contributed by atoms with Crippen LogP contribution in [0.3, 0.4) is 0 Å². The Hall–Kier alpha value is -2.95. The molecule has 9 heteroatoms. The molecule has 0 unspecified atom stereocenters. The molecule has 5 rings (SSSR count). The number of aromatic carboxylic acids is 1. The molecule has 0 saturated heterocycles. The third-order valence-electron chi connectivity index (χ3n) is 5.14. The first kappa shape index (κ1) is 22.2. The summed E-state index contributed by atoms with van der Waals surface area (Å²) in [4.78, 5) is 54.8. The van der Waals surface area contributed by atoms with Crippen molar-refractivity contribution in [3.05, 3.63) is 101 Å². The molecule has 8 nitrogen and oxygen atoms in total. The number of fused-ring (bicyclic) bond motifs is 4. The number of carbonyl (C=O) groups excluding carboxylic acids is 4. The summed E-state index contributed by atoms with van der Waals surface area (Å²) in [5, 5.41) is 13.7. The Morgan fingerprint density at radius 3 is 2.56 bits per heavy atom. The van der Waals surface area contributed by atoms with E-state index in [-0.39, 0.29) is 90.7 Å². The summed E-state index contributed by atoms with van der Waals surface area (Å²) < 4.78 is 1.50. The Morgan fingerprint density at radius 2 is 1.78 bits per heavy atom. The zero-order valence-corrected chi connectivity index (χ0v) is 19.9. The van der Waals surface area contributed by atoms with Crippen molar-refractivity contribution in [3.63, 3.8) is 0 Å². The van der Waals surface area contributed by atoms with Crippen LogP contribution in [0.5, 0.6) is 0 Å². The summed E-state index contributed by atoms with van der Waals surface area (Å²) in [5.74, 6) is -2.96. The van der Waals surface area contributed by atoms with Gasteiger partial charge in [0.2, 0.25) is 5.78 Å². The fourth-order valence-corrected chi connectivity index (χ4v) is 3.82. The molecule has 1 amide bonds. The summed E-state index contributed by atoms with van der Waals surface area (Å²) >= 11 is 0. The number of pyridine rings is 2. The van der Waals surface area contributed by atoms with Gasteiger partial charge in [-0.05, 0) is 42.0 Å². The number of nitrogens with one attached hydrogen (secondary N) is 1. The van der Waals surface area contributed by atoms with E-state index in [1.54, 1.807) is 30.5 Å². The summed E-state index contributed by atoms with van der Waals surface area (Å²) in [6.45, 7) is 0. The first-order valence-electron chi connectivity index (χ1n) is 9.27. The SMILES string of the molecule is O=C([O-])c1cccc(NC(=O)c2c3c(n4ccccc24)C(=O)c2ncccc2C3=O)c1.[K+]. The third-order valence-corrected chi connectivity index (χ3v) is 5.14. The van der Waals surface area contributed by atoms with Gasteiger partial charge in [0.1, 0.15) is 11.4 Å². The molecule has 32 heavy (non-hydrogen) atoms. The van der Waals surface area contributed by atoms with Crippen molar-refractivity contribution in [1.82, 2.24) is 9.38 Å². The van der Waals surface area contributed by atoms with Crippen LogP contribution in [0.15, 0.2) is 67.0 Å². The number of hydrogen-bond acceptors (Lipinski definition) is 6. The maximum absolute atomic E-state index is 13.3. The van der Waals surface area contributed by atoms with E-state index in [2.05, 4.69) is 10.3 Å². The topological polar surface area (TPSA) is 121 Å². The van der Waals surface area contributed by atoms with Gasteiger partial charge in [-0.1, -0.05) is 18.2 Å². The second-order valence-corrected chi connectivity index (χ2v) is 6.93. The minimum atomic E-state index is -1.38. The van der Waals surface area contributed by atoms with E-state index in [0.29, 0.717) is 5.52 Å². The third kappa shape index (κ3) is 3.44. The van der Waals surface area contributed by atoms with Gasteiger partial charge < -0.3 is 19.6 Å². The normalized spacial score (nSPS) is 12.0. The van der Waals surface area contributed by atoms with Crippen LogP contribution in [0, 0.1) is 0 Å². The summed E-state index contributed by atoms with van der Waals surface area (Å²) in [6.07, 6.45) is 3.03. The van der Waals surface area contributed by atoms with Gasteiger partial charge in [0.05, 0.1) is 28.2 Å². The molecule has 0 radical (unpaired) electrons. The molecule has 1 aliphatic carbocycles. The average Bonchev–Trinajstić information content (AvgIpc) is 3.13. The minimum Gasteiger partial charge on any atom is -0.545 e. The first-order chi connectivity index (χ1) is 15.0. The number of amides is 1. The van der Waals surface area contributed by atoms with E-state index in [9.17, 15) is 24.3 Å². The molecule has 0 bridgehead atoms. The van der Waals surface area contributed by atoms with E-state index < -0.39 is 23.4 Å². The second-order valence-electron chi connectivity index (χ2n) is 6.93. The number of rotatable bonds is 3. The minimum absolute atomic E-state index is 0. The molecule has 150 valence electrons. The van der Waals surface area contributed by atoms with Crippen LogP contribution < -0.4 is 61.8 Å². The first-order valence-corrected chi connectivity index (χ1v) is 9.27. The fourth-order valence-electron chi connectivity index (χ4n) is 3.82. The Balaban J connectivity index is 0.00000245. The fraction of sp³-hybridized carbons (Fsp3) is 0. The molecule has 3 aromatic heterocycles. The molecule has 3 heterocycles. The number of benzene rings is 1. The van der Waals surface area contributed by atoms with E-state index >= 15 is 0 Å². The standard InChI is InChI=1S/C23H13N3O5.K/c27-20-14-7-4-9-24-18(14)21(28)19-17(20)16(15-8-1-2-10-26(15)19)22(29)25-13-6-3-5-12(11-13)23(30)31;/h1-11H,(H,25,29)(H,30,31);/q;+1/p-1. The van der Waals surface area contributed by atoms with Gasteiger partial charge in [-0.3, -0.25) is 19.4 Å². The van der Waals surface area contributed by atoms with Crippen molar-refractivity contribution in [3.8, 4) is 0 Å². The van der Waals surface area contributed by atoms with Crippen LogP contribution in [0.25, 0.3) is 5.52 Å². The molecule has 1 aromatic carbocycles. The number of anilines is 1. The zero-order valence-electron chi connectivity index (χ0n) is 16.8. The van der Waals surface area contributed by atoms with Crippen LogP contribution in [-0.2, 0) is 0 Å². The zero-order chi connectivity index (χ0) is 21.7. The molecule has 0 aliphatic heterocycles. The Bertz CT molecular complexity index is 1460. The largest absolute Gasteiger partial charge is 1.00 e. The monoisotopic (exact) mass is 449 g/mol. The molecule has 0 fully saturated rings.